The van der Waals surface area contributed by atoms with Crippen molar-refractivity contribution >= 4 is 40.5 Å². The fourth-order valence-corrected chi connectivity index (χ4v) is 6.07. The number of hydrogen-bond acceptors (Lipinski definition) is 6. The summed E-state index contributed by atoms with van der Waals surface area (Å²) in [6.45, 7) is 6.71. The zero-order valence-corrected chi connectivity index (χ0v) is 23.7. The lowest BCUT2D eigenvalue weighted by Crippen LogP contribution is -2.47. The number of nitrogens with zero attached hydrogens (tertiary/aromatic N) is 4. The highest BCUT2D eigenvalue weighted by molar-refractivity contribution is 7.80. The second-order valence-corrected chi connectivity index (χ2v) is 11.2. The van der Waals surface area contributed by atoms with Gasteiger partial charge in [0.2, 0.25) is 5.91 Å². The molecule has 1 saturated heterocycles. The van der Waals surface area contributed by atoms with Crippen LogP contribution in [-0.4, -0.2) is 80.4 Å². The molecule has 0 spiro atoms. The van der Waals surface area contributed by atoms with Crippen molar-refractivity contribution < 1.29 is 9.53 Å². The van der Waals surface area contributed by atoms with Crippen LogP contribution in [0.5, 0.6) is 5.75 Å². The first-order valence-electron chi connectivity index (χ1n) is 14.3. The van der Waals surface area contributed by atoms with E-state index < -0.39 is 0 Å². The Kier molecular flexibility index (Phi) is 9.42. The Morgan fingerprint density at radius 1 is 1.13 bits per heavy atom. The molecule has 8 nitrogen and oxygen atoms in total. The summed E-state index contributed by atoms with van der Waals surface area (Å²) in [5.74, 6) is 2.73. The quantitative estimate of drug-likeness (QED) is 0.363. The molecule has 2 aliphatic carbocycles. The van der Waals surface area contributed by atoms with E-state index in [0.717, 1.165) is 95.2 Å². The number of thiocarbonyl (C=S) groups is 1. The molecule has 1 saturated carbocycles. The monoisotopic (exact) mass is 548 g/mol. The van der Waals surface area contributed by atoms with Gasteiger partial charge in [0.05, 0.1) is 18.7 Å². The van der Waals surface area contributed by atoms with Crippen LogP contribution in [0.4, 0.5) is 5.69 Å². The van der Waals surface area contributed by atoms with Crippen molar-refractivity contribution in [2.45, 2.75) is 32.1 Å². The topological polar surface area (TPSA) is 81.6 Å². The fraction of sp³-hybridized carbons (Fsp3) is 0.533. The molecular weight excluding hydrogens is 508 g/mol. The lowest BCUT2D eigenvalue weighted by molar-refractivity contribution is -0.126. The number of allylic oxidation sites excluding steroid dienone is 3. The number of benzene rings is 1. The van der Waals surface area contributed by atoms with Crippen molar-refractivity contribution in [1.29, 1.82) is 0 Å². The summed E-state index contributed by atoms with van der Waals surface area (Å²) in [5.41, 5.74) is 2.21. The summed E-state index contributed by atoms with van der Waals surface area (Å²) in [6.07, 6.45) is 13.1. The Bertz CT molecular complexity index is 1130. The highest BCUT2D eigenvalue weighted by atomic mass is 32.1. The van der Waals surface area contributed by atoms with E-state index in [1.54, 1.807) is 7.11 Å². The largest absolute Gasteiger partial charge is 0.497 e. The van der Waals surface area contributed by atoms with E-state index >= 15 is 0 Å². The third-order valence-corrected chi connectivity index (χ3v) is 8.45. The molecular formula is C30H40N6O2S. The minimum Gasteiger partial charge on any atom is -0.497 e. The average Bonchev–Trinajstić information content (AvgIpc) is 2.98. The first-order valence-corrected chi connectivity index (χ1v) is 14.7. The number of fused-ring (bicyclic) bond motifs is 1. The van der Waals surface area contributed by atoms with Gasteiger partial charge in [0.1, 0.15) is 11.6 Å². The molecule has 0 radical (unpaired) electrons. The Morgan fingerprint density at radius 2 is 1.90 bits per heavy atom. The molecule has 1 aromatic carbocycles. The number of anilines is 1. The fourth-order valence-electron chi connectivity index (χ4n) is 5.86. The van der Waals surface area contributed by atoms with E-state index in [2.05, 4.69) is 43.6 Å². The zero-order valence-electron chi connectivity index (χ0n) is 22.8. The smallest absolute Gasteiger partial charge is 0.223 e. The standard InChI is InChI=1S/C30H40N6O2S/c1-38-25-13-11-24(12-14-25)36-19-17-35(18-20-36)16-4-15-31-29(37)23-9-7-22(8-10-23)21-32-28-26-5-2-3-6-27(26)33-30(39)34-28/h2-3,5-6,11-14,22-23,26H,4,7-10,15-21H2,1H3,(H,31,37)(H,32,34,39). The van der Waals surface area contributed by atoms with Crippen LogP contribution in [0.25, 0.3) is 0 Å². The Balaban J connectivity index is 0.960. The minimum absolute atomic E-state index is 0.0705. The lowest BCUT2D eigenvalue weighted by atomic mass is 9.81. The van der Waals surface area contributed by atoms with E-state index in [0.29, 0.717) is 11.0 Å². The first kappa shape index (κ1) is 27.5. The van der Waals surface area contributed by atoms with Crippen molar-refractivity contribution in [3.05, 3.63) is 48.6 Å². The number of carbonyl (C=O) groups excluding carboxylic acids is 1. The number of rotatable bonds is 9. The van der Waals surface area contributed by atoms with Gasteiger partial charge < -0.3 is 20.3 Å². The highest BCUT2D eigenvalue weighted by Gasteiger charge is 2.28. The second kappa shape index (κ2) is 13.3. The van der Waals surface area contributed by atoms with Crippen LogP contribution < -0.4 is 20.3 Å². The molecule has 2 heterocycles. The van der Waals surface area contributed by atoms with E-state index in [1.165, 1.54) is 5.69 Å². The summed E-state index contributed by atoms with van der Waals surface area (Å²) in [6, 6.07) is 8.30. The summed E-state index contributed by atoms with van der Waals surface area (Å²) >= 11 is 5.29. The maximum absolute atomic E-state index is 12.8. The van der Waals surface area contributed by atoms with Gasteiger partial charge in [-0.3, -0.25) is 14.7 Å². The average molecular weight is 549 g/mol. The number of aliphatic imine (C=N–C) groups is 2. The van der Waals surface area contributed by atoms with Crippen molar-refractivity contribution in [3.63, 3.8) is 0 Å². The normalized spacial score (nSPS) is 26.1. The van der Waals surface area contributed by atoms with Crippen molar-refractivity contribution in [2.24, 2.45) is 27.7 Å². The Hall–Kier alpha value is -3.04. The molecule has 2 fully saturated rings. The van der Waals surface area contributed by atoms with Gasteiger partial charge in [-0.05, 0) is 87.1 Å². The van der Waals surface area contributed by atoms with E-state index in [-0.39, 0.29) is 17.7 Å². The van der Waals surface area contributed by atoms with E-state index in [1.807, 2.05) is 30.4 Å². The molecule has 0 bridgehead atoms. The molecule has 5 rings (SSSR count). The molecule has 1 atom stereocenters. The summed E-state index contributed by atoms with van der Waals surface area (Å²) in [7, 11) is 1.70. The summed E-state index contributed by atoms with van der Waals surface area (Å²) in [4.78, 5) is 27.0. The van der Waals surface area contributed by atoms with Crippen molar-refractivity contribution in [1.82, 2.24) is 15.5 Å². The van der Waals surface area contributed by atoms with Gasteiger partial charge in [0.15, 0.2) is 5.11 Å². The van der Waals surface area contributed by atoms with E-state index in [9.17, 15) is 4.79 Å². The second-order valence-electron chi connectivity index (χ2n) is 10.8. The van der Waals surface area contributed by atoms with Gasteiger partial charge in [-0.25, -0.2) is 4.99 Å². The molecule has 1 amide bonds. The summed E-state index contributed by atoms with van der Waals surface area (Å²) < 4.78 is 5.26. The molecule has 1 unspecified atom stereocenters. The molecule has 39 heavy (non-hydrogen) atoms. The number of piperazine rings is 1. The lowest BCUT2D eigenvalue weighted by Gasteiger charge is -2.36. The number of nitrogens with one attached hydrogen (secondary N) is 2. The van der Waals surface area contributed by atoms with Gasteiger partial charge in [-0.15, -0.1) is 0 Å². The minimum atomic E-state index is 0.0705. The SMILES string of the molecule is COc1ccc(N2CCN(CCCNC(=O)C3CCC(CN=C4NC(=S)N=C5C=CC=CC54)CC3)CC2)cc1. The molecule has 2 N–H and O–H groups in total. The van der Waals surface area contributed by atoms with Gasteiger partial charge in [-0.1, -0.05) is 18.2 Å². The zero-order chi connectivity index (χ0) is 27.0. The number of ether oxygens (including phenoxy) is 1. The van der Waals surface area contributed by atoms with Crippen LogP contribution in [0.2, 0.25) is 0 Å². The number of amidine groups is 1. The van der Waals surface area contributed by atoms with Crippen LogP contribution in [0, 0.1) is 17.8 Å². The van der Waals surface area contributed by atoms with Crippen LogP contribution in [0.3, 0.4) is 0 Å². The van der Waals surface area contributed by atoms with E-state index in [4.69, 9.17) is 21.9 Å². The van der Waals surface area contributed by atoms with Gasteiger partial charge in [0, 0.05) is 50.9 Å². The maximum atomic E-state index is 12.8. The highest BCUT2D eigenvalue weighted by Crippen LogP contribution is 2.29. The third kappa shape index (κ3) is 7.33. The van der Waals surface area contributed by atoms with Gasteiger partial charge >= 0.3 is 0 Å². The van der Waals surface area contributed by atoms with Crippen LogP contribution in [-0.2, 0) is 4.79 Å². The molecule has 4 aliphatic rings. The van der Waals surface area contributed by atoms with Gasteiger partial charge in [0.25, 0.3) is 0 Å². The first-order chi connectivity index (χ1) is 19.1. The van der Waals surface area contributed by atoms with Crippen molar-refractivity contribution in [2.75, 3.05) is 57.8 Å². The number of amides is 1. The number of carbonyl (C=O) groups is 1. The molecule has 0 aromatic heterocycles. The number of methoxy groups -OCH3 is 1. The van der Waals surface area contributed by atoms with Crippen LogP contribution in [0.1, 0.15) is 32.1 Å². The summed E-state index contributed by atoms with van der Waals surface area (Å²) in [5, 5.41) is 6.87. The molecule has 208 valence electrons. The third-order valence-electron chi connectivity index (χ3n) is 8.26. The molecule has 2 aliphatic heterocycles. The van der Waals surface area contributed by atoms with Crippen LogP contribution >= 0.6 is 12.2 Å². The van der Waals surface area contributed by atoms with Crippen molar-refractivity contribution in [3.8, 4) is 5.75 Å². The number of hydrogen-bond donors (Lipinski definition) is 2. The van der Waals surface area contributed by atoms with Gasteiger partial charge in [-0.2, -0.15) is 0 Å². The Labute approximate surface area is 237 Å². The Morgan fingerprint density at radius 3 is 2.64 bits per heavy atom. The molecule has 1 aromatic rings. The van der Waals surface area contributed by atoms with Crippen LogP contribution in [0.15, 0.2) is 58.6 Å². The molecule has 9 heteroatoms. The predicted octanol–water partition coefficient (Wildman–Crippen LogP) is 3.60. The maximum Gasteiger partial charge on any atom is 0.223 e. The predicted molar refractivity (Wildman–Crippen MR) is 162 cm³/mol.